The van der Waals surface area contributed by atoms with E-state index in [0.717, 1.165) is 5.69 Å². The van der Waals surface area contributed by atoms with E-state index in [1.807, 2.05) is 0 Å². The summed E-state index contributed by atoms with van der Waals surface area (Å²) in [7, 11) is 0. The Hall–Kier alpha value is -1.76. The van der Waals surface area contributed by atoms with Gasteiger partial charge in [-0.25, -0.2) is 0 Å². The summed E-state index contributed by atoms with van der Waals surface area (Å²) in [5.41, 5.74) is 0.796. The maximum Gasteiger partial charge on any atom is 0.270 e. The lowest BCUT2D eigenvalue weighted by atomic mass is 10.3. The number of non-ortho nitro benzene ring substituents is 1. The quantitative estimate of drug-likeness (QED) is 0.616. The number of benzene rings is 1. The number of hydrogen-bond acceptors (Lipinski definition) is 4. The summed E-state index contributed by atoms with van der Waals surface area (Å²) in [4.78, 5) is 10.1. The number of hydrogen-bond donors (Lipinski definition) is 0. The standard InChI is InChI=1S/C8H5BrN4O2/c9-7-3-6(13(14)15)1-2-8(7)12-4-10-11-5-12/h1-5H. The maximum atomic E-state index is 10.5. The van der Waals surface area contributed by atoms with Crippen LogP contribution in [0.25, 0.3) is 5.69 Å². The molecule has 0 atom stereocenters. The minimum Gasteiger partial charge on any atom is -0.287 e. The van der Waals surface area contributed by atoms with Gasteiger partial charge in [0.1, 0.15) is 12.7 Å². The molecule has 0 saturated carbocycles. The van der Waals surface area contributed by atoms with Crippen LogP contribution in [0, 0.1) is 10.1 Å². The zero-order valence-electron chi connectivity index (χ0n) is 7.37. The van der Waals surface area contributed by atoms with Gasteiger partial charge in [-0.15, -0.1) is 10.2 Å². The van der Waals surface area contributed by atoms with Crippen molar-refractivity contribution in [3.05, 3.63) is 45.4 Å². The third-order valence-electron chi connectivity index (χ3n) is 1.84. The van der Waals surface area contributed by atoms with Crippen LogP contribution in [0.1, 0.15) is 0 Å². The molecule has 1 aromatic heterocycles. The van der Waals surface area contributed by atoms with Crippen molar-refractivity contribution in [1.82, 2.24) is 14.8 Å². The van der Waals surface area contributed by atoms with Crippen molar-refractivity contribution < 1.29 is 4.92 Å². The fourth-order valence-electron chi connectivity index (χ4n) is 1.14. The molecule has 0 amide bonds. The highest BCUT2D eigenvalue weighted by atomic mass is 79.9. The molecule has 0 saturated heterocycles. The summed E-state index contributed by atoms with van der Waals surface area (Å²) >= 11 is 3.26. The fourth-order valence-corrected chi connectivity index (χ4v) is 1.72. The normalized spacial score (nSPS) is 10.2. The Morgan fingerprint density at radius 2 is 2.00 bits per heavy atom. The molecule has 0 bridgehead atoms. The second-order valence-corrected chi connectivity index (χ2v) is 3.62. The van der Waals surface area contributed by atoms with Gasteiger partial charge >= 0.3 is 0 Å². The van der Waals surface area contributed by atoms with Crippen molar-refractivity contribution in [3.8, 4) is 5.69 Å². The van der Waals surface area contributed by atoms with Crippen molar-refractivity contribution in [3.63, 3.8) is 0 Å². The zero-order chi connectivity index (χ0) is 10.8. The van der Waals surface area contributed by atoms with Crippen LogP contribution < -0.4 is 0 Å². The summed E-state index contributed by atoms with van der Waals surface area (Å²) in [5.74, 6) is 0. The Kier molecular flexibility index (Phi) is 2.46. The van der Waals surface area contributed by atoms with E-state index in [0.29, 0.717) is 4.47 Å². The first-order chi connectivity index (χ1) is 7.18. The summed E-state index contributed by atoms with van der Waals surface area (Å²) in [6.45, 7) is 0. The summed E-state index contributed by atoms with van der Waals surface area (Å²) in [6.07, 6.45) is 3.04. The van der Waals surface area contributed by atoms with Crippen molar-refractivity contribution >= 4 is 21.6 Å². The molecular weight excluding hydrogens is 264 g/mol. The van der Waals surface area contributed by atoms with Crippen LogP contribution in [0.3, 0.4) is 0 Å². The average Bonchev–Trinajstić information content (AvgIpc) is 2.70. The summed E-state index contributed by atoms with van der Waals surface area (Å²) < 4.78 is 2.28. The maximum absolute atomic E-state index is 10.5. The van der Waals surface area contributed by atoms with Gasteiger partial charge in [-0.1, -0.05) is 0 Å². The van der Waals surface area contributed by atoms with E-state index < -0.39 is 4.92 Å². The van der Waals surface area contributed by atoms with E-state index in [2.05, 4.69) is 26.1 Å². The van der Waals surface area contributed by atoms with E-state index in [-0.39, 0.29) is 5.69 Å². The second-order valence-electron chi connectivity index (χ2n) is 2.76. The monoisotopic (exact) mass is 268 g/mol. The van der Waals surface area contributed by atoms with Crippen LogP contribution in [0.2, 0.25) is 0 Å². The number of nitrogens with zero attached hydrogens (tertiary/aromatic N) is 4. The molecule has 0 radical (unpaired) electrons. The van der Waals surface area contributed by atoms with Crippen LogP contribution in [0.4, 0.5) is 5.69 Å². The van der Waals surface area contributed by atoms with Gasteiger partial charge in [0.2, 0.25) is 0 Å². The highest BCUT2D eigenvalue weighted by molar-refractivity contribution is 9.10. The van der Waals surface area contributed by atoms with E-state index in [1.54, 1.807) is 10.6 Å². The SMILES string of the molecule is O=[N+]([O-])c1ccc(-n2cnnc2)c(Br)c1. The van der Waals surface area contributed by atoms with Crippen molar-refractivity contribution in [1.29, 1.82) is 0 Å². The number of halogens is 1. The summed E-state index contributed by atoms with van der Waals surface area (Å²) in [5, 5.41) is 17.8. The molecule has 0 N–H and O–H groups in total. The second kappa shape index (κ2) is 3.77. The number of nitro groups is 1. The predicted octanol–water partition coefficient (Wildman–Crippen LogP) is 1.94. The largest absolute Gasteiger partial charge is 0.287 e. The van der Waals surface area contributed by atoms with E-state index in [4.69, 9.17) is 0 Å². The molecule has 0 aliphatic carbocycles. The lowest BCUT2D eigenvalue weighted by Crippen LogP contribution is -1.94. The number of nitro benzene ring substituents is 1. The molecule has 2 aromatic rings. The highest BCUT2D eigenvalue weighted by Gasteiger charge is 2.09. The smallest absolute Gasteiger partial charge is 0.270 e. The van der Waals surface area contributed by atoms with Crippen LogP contribution in [0.5, 0.6) is 0 Å². The minimum atomic E-state index is -0.444. The molecular formula is C8H5BrN4O2. The Labute approximate surface area is 92.8 Å². The number of aromatic nitrogens is 3. The lowest BCUT2D eigenvalue weighted by Gasteiger charge is -2.03. The van der Waals surface area contributed by atoms with Crippen molar-refractivity contribution in [2.75, 3.05) is 0 Å². The van der Waals surface area contributed by atoms with Gasteiger partial charge in [-0.2, -0.15) is 0 Å². The third-order valence-corrected chi connectivity index (χ3v) is 2.47. The first-order valence-corrected chi connectivity index (χ1v) is 4.77. The molecule has 0 spiro atoms. The predicted molar refractivity (Wildman–Crippen MR) is 55.7 cm³/mol. The molecule has 15 heavy (non-hydrogen) atoms. The van der Waals surface area contributed by atoms with Gasteiger partial charge in [-0.3, -0.25) is 14.7 Å². The van der Waals surface area contributed by atoms with Gasteiger partial charge in [0, 0.05) is 16.6 Å². The molecule has 1 aromatic carbocycles. The van der Waals surface area contributed by atoms with E-state index in [9.17, 15) is 10.1 Å². The Morgan fingerprint density at radius 3 is 2.53 bits per heavy atom. The molecule has 1 heterocycles. The van der Waals surface area contributed by atoms with Crippen molar-refractivity contribution in [2.24, 2.45) is 0 Å². The molecule has 76 valence electrons. The molecule has 6 nitrogen and oxygen atoms in total. The first-order valence-electron chi connectivity index (χ1n) is 3.97. The topological polar surface area (TPSA) is 73.8 Å². The lowest BCUT2D eigenvalue weighted by molar-refractivity contribution is -0.384. The Bertz CT molecular complexity index is 497. The van der Waals surface area contributed by atoms with Gasteiger partial charge in [0.25, 0.3) is 5.69 Å². The van der Waals surface area contributed by atoms with Crippen LogP contribution >= 0.6 is 15.9 Å². The fraction of sp³-hybridized carbons (Fsp3) is 0. The molecule has 7 heteroatoms. The van der Waals surface area contributed by atoms with Crippen molar-refractivity contribution in [2.45, 2.75) is 0 Å². The van der Waals surface area contributed by atoms with Gasteiger partial charge in [-0.05, 0) is 22.0 Å². The van der Waals surface area contributed by atoms with E-state index >= 15 is 0 Å². The summed E-state index contributed by atoms with van der Waals surface area (Å²) in [6, 6.07) is 4.50. The Morgan fingerprint density at radius 1 is 1.33 bits per heavy atom. The highest BCUT2D eigenvalue weighted by Crippen LogP contribution is 2.25. The van der Waals surface area contributed by atoms with Crippen LogP contribution in [-0.4, -0.2) is 19.7 Å². The Balaban J connectivity index is 2.48. The first kappa shape index (κ1) is 9.78. The molecule has 0 aliphatic rings. The van der Waals surface area contributed by atoms with Gasteiger partial charge in [0.15, 0.2) is 0 Å². The minimum absolute atomic E-state index is 0.0405. The zero-order valence-corrected chi connectivity index (χ0v) is 8.96. The average molecular weight is 269 g/mol. The molecule has 0 unspecified atom stereocenters. The number of rotatable bonds is 2. The third kappa shape index (κ3) is 1.86. The van der Waals surface area contributed by atoms with Gasteiger partial charge < -0.3 is 0 Å². The van der Waals surface area contributed by atoms with Crippen LogP contribution in [-0.2, 0) is 0 Å². The molecule has 0 aliphatic heterocycles. The van der Waals surface area contributed by atoms with Gasteiger partial charge in [0.05, 0.1) is 10.6 Å². The van der Waals surface area contributed by atoms with E-state index in [1.165, 1.54) is 24.8 Å². The molecule has 0 fully saturated rings. The molecule has 2 rings (SSSR count). The van der Waals surface area contributed by atoms with Crippen LogP contribution in [0.15, 0.2) is 35.3 Å².